The van der Waals surface area contributed by atoms with E-state index in [0.29, 0.717) is 30.8 Å². The van der Waals surface area contributed by atoms with E-state index in [4.69, 9.17) is 4.74 Å². The first kappa shape index (κ1) is 14.3. The molecule has 3 rings (SSSR count). The van der Waals surface area contributed by atoms with Gasteiger partial charge in [-0.05, 0) is 31.7 Å². The highest BCUT2D eigenvalue weighted by molar-refractivity contribution is 5.92. The zero-order valence-corrected chi connectivity index (χ0v) is 12.5. The van der Waals surface area contributed by atoms with Crippen molar-refractivity contribution in [1.29, 1.82) is 0 Å². The summed E-state index contributed by atoms with van der Waals surface area (Å²) in [7, 11) is 0. The predicted octanol–water partition coefficient (Wildman–Crippen LogP) is 1.15. The monoisotopic (exact) mass is 290 g/mol. The first-order chi connectivity index (χ1) is 10.2. The fourth-order valence-corrected chi connectivity index (χ4v) is 2.60. The Balaban J connectivity index is 1.68. The average Bonchev–Trinajstić information content (AvgIpc) is 2.46. The average molecular weight is 290 g/mol. The van der Waals surface area contributed by atoms with Gasteiger partial charge >= 0.3 is 0 Å². The van der Waals surface area contributed by atoms with E-state index in [1.807, 2.05) is 6.92 Å². The highest BCUT2D eigenvalue weighted by Gasteiger charge is 2.20. The van der Waals surface area contributed by atoms with Crippen molar-refractivity contribution >= 4 is 11.9 Å². The van der Waals surface area contributed by atoms with Gasteiger partial charge in [0.05, 0.1) is 13.2 Å². The zero-order valence-electron chi connectivity index (χ0n) is 12.5. The molecule has 2 aliphatic rings. The lowest BCUT2D eigenvalue weighted by molar-refractivity contribution is 0.0933. The second-order valence-electron chi connectivity index (χ2n) is 5.80. The van der Waals surface area contributed by atoms with E-state index in [1.165, 1.54) is 19.3 Å². The van der Waals surface area contributed by atoms with Gasteiger partial charge < -0.3 is 15.0 Å². The van der Waals surface area contributed by atoms with Crippen molar-refractivity contribution in [3.8, 4) is 0 Å². The smallest absolute Gasteiger partial charge is 0.270 e. The van der Waals surface area contributed by atoms with E-state index in [9.17, 15) is 4.79 Å². The number of morpholine rings is 1. The Hall–Kier alpha value is -1.69. The van der Waals surface area contributed by atoms with Crippen molar-refractivity contribution in [2.75, 3.05) is 37.7 Å². The van der Waals surface area contributed by atoms with E-state index in [0.717, 1.165) is 25.3 Å². The number of amides is 1. The minimum atomic E-state index is -0.0955. The summed E-state index contributed by atoms with van der Waals surface area (Å²) in [5.41, 5.74) is 1.28. The summed E-state index contributed by atoms with van der Waals surface area (Å²) in [6.45, 7) is 5.56. The number of nitrogens with one attached hydrogen (secondary N) is 1. The van der Waals surface area contributed by atoms with Gasteiger partial charge in [0.2, 0.25) is 5.95 Å². The van der Waals surface area contributed by atoms with Crippen molar-refractivity contribution < 1.29 is 9.53 Å². The molecular formula is C15H22N4O2. The predicted molar refractivity (Wildman–Crippen MR) is 79.5 cm³/mol. The summed E-state index contributed by atoms with van der Waals surface area (Å²) >= 11 is 0. The molecule has 1 aliphatic heterocycles. The van der Waals surface area contributed by atoms with Crippen molar-refractivity contribution in [2.45, 2.75) is 26.2 Å². The molecule has 21 heavy (non-hydrogen) atoms. The van der Waals surface area contributed by atoms with E-state index in [-0.39, 0.29) is 5.91 Å². The summed E-state index contributed by atoms with van der Waals surface area (Å²) in [4.78, 5) is 23.2. The molecule has 6 nitrogen and oxygen atoms in total. The first-order valence-corrected chi connectivity index (χ1v) is 7.69. The van der Waals surface area contributed by atoms with Crippen LogP contribution < -0.4 is 10.2 Å². The molecular weight excluding hydrogens is 268 g/mol. The largest absolute Gasteiger partial charge is 0.378 e. The number of anilines is 1. The standard InChI is InChI=1S/C15H22N4O2/c1-11-9-13(14(20)16-10-12-3-2-4-12)18-15(17-11)19-5-7-21-8-6-19/h9,12H,2-8,10H2,1H3,(H,16,20). The molecule has 0 bridgehead atoms. The number of hydrogen-bond acceptors (Lipinski definition) is 5. The number of aromatic nitrogens is 2. The van der Waals surface area contributed by atoms with Crippen LogP contribution in [0.5, 0.6) is 0 Å². The van der Waals surface area contributed by atoms with Crippen LogP contribution in [-0.4, -0.2) is 48.7 Å². The fraction of sp³-hybridized carbons (Fsp3) is 0.667. The number of rotatable bonds is 4. The van der Waals surface area contributed by atoms with Gasteiger partial charge in [0.1, 0.15) is 5.69 Å². The Morgan fingerprint density at radius 1 is 1.38 bits per heavy atom. The van der Waals surface area contributed by atoms with E-state index >= 15 is 0 Å². The van der Waals surface area contributed by atoms with E-state index < -0.39 is 0 Å². The lowest BCUT2D eigenvalue weighted by Crippen LogP contribution is -2.38. The zero-order chi connectivity index (χ0) is 14.7. The molecule has 1 saturated carbocycles. The highest BCUT2D eigenvalue weighted by Crippen LogP contribution is 2.25. The molecule has 6 heteroatoms. The molecule has 2 heterocycles. The lowest BCUT2D eigenvalue weighted by Gasteiger charge is -2.27. The number of hydrogen-bond donors (Lipinski definition) is 1. The lowest BCUT2D eigenvalue weighted by atomic mass is 9.85. The van der Waals surface area contributed by atoms with E-state index in [2.05, 4.69) is 20.2 Å². The maximum absolute atomic E-state index is 12.2. The summed E-state index contributed by atoms with van der Waals surface area (Å²) < 4.78 is 5.34. The number of carbonyl (C=O) groups is 1. The molecule has 1 aromatic heterocycles. The maximum Gasteiger partial charge on any atom is 0.270 e. The van der Waals surface area contributed by atoms with Crippen LogP contribution >= 0.6 is 0 Å². The Morgan fingerprint density at radius 2 is 2.14 bits per heavy atom. The van der Waals surface area contributed by atoms with Crippen molar-refractivity contribution in [2.24, 2.45) is 5.92 Å². The summed E-state index contributed by atoms with van der Waals surface area (Å²) in [5, 5.41) is 2.99. The van der Waals surface area contributed by atoms with Gasteiger partial charge in [-0.1, -0.05) is 6.42 Å². The molecule has 0 spiro atoms. The SMILES string of the molecule is Cc1cc(C(=O)NCC2CCC2)nc(N2CCOCC2)n1. The van der Waals surface area contributed by atoms with Crippen LogP contribution in [0.15, 0.2) is 6.07 Å². The van der Waals surface area contributed by atoms with Crippen molar-refractivity contribution in [3.05, 3.63) is 17.5 Å². The first-order valence-electron chi connectivity index (χ1n) is 7.69. The molecule has 1 saturated heterocycles. The highest BCUT2D eigenvalue weighted by atomic mass is 16.5. The van der Waals surface area contributed by atoms with Crippen molar-refractivity contribution in [1.82, 2.24) is 15.3 Å². The van der Waals surface area contributed by atoms with Gasteiger partial charge in [0, 0.05) is 25.3 Å². The summed E-state index contributed by atoms with van der Waals surface area (Å²) in [6, 6.07) is 1.75. The Kier molecular flexibility index (Phi) is 4.34. The molecule has 1 amide bonds. The third-order valence-corrected chi connectivity index (χ3v) is 4.15. The van der Waals surface area contributed by atoms with Crippen LogP contribution in [0.1, 0.15) is 35.4 Å². The second kappa shape index (κ2) is 6.39. The molecule has 114 valence electrons. The van der Waals surface area contributed by atoms with Crippen LogP contribution in [0.25, 0.3) is 0 Å². The molecule has 2 fully saturated rings. The third kappa shape index (κ3) is 3.50. The topological polar surface area (TPSA) is 67.4 Å². The van der Waals surface area contributed by atoms with Gasteiger partial charge in [-0.25, -0.2) is 9.97 Å². The quantitative estimate of drug-likeness (QED) is 0.901. The number of carbonyl (C=O) groups excluding carboxylic acids is 1. The van der Waals surface area contributed by atoms with Crippen LogP contribution in [0, 0.1) is 12.8 Å². The van der Waals surface area contributed by atoms with Gasteiger partial charge in [-0.2, -0.15) is 0 Å². The third-order valence-electron chi connectivity index (χ3n) is 4.15. The van der Waals surface area contributed by atoms with Crippen LogP contribution in [0.2, 0.25) is 0 Å². The minimum absolute atomic E-state index is 0.0955. The Morgan fingerprint density at radius 3 is 2.81 bits per heavy atom. The Labute approximate surface area is 124 Å². The van der Waals surface area contributed by atoms with Gasteiger partial charge in [0.25, 0.3) is 5.91 Å². The van der Waals surface area contributed by atoms with Crippen LogP contribution in [0.4, 0.5) is 5.95 Å². The van der Waals surface area contributed by atoms with E-state index in [1.54, 1.807) is 6.07 Å². The number of aryl methyl sites for hydroxylation is 1. The fourth-order valence-electron chi connectivity index (χ4n) is 2.60. The molecule has 0 aromatic carbocycles. The van der Waals surface area contributed by atoms with Crippen LogP contribution in [0.3, 0.4) is 0 Å². The molecule has 0 atom stereocenters. The number of ether oxygens (including phenoxy) is 1. The van der Waals surface area contributed by atoms with Gasteiger partial charge in [-0.15, -0.1) is 0 Å². The maximum atomic E-state index is 12.2. The molecule has 0 unspecified atom stereocenters. The summed E-state index contributed by atoms with van der Waals surface area (Å²) in [5.74, 6) is 1.18. The van der Waals surface area contributed by atoms with Crippen molar-refractivity contribution in [3.63, 3.8) is 0 Å². The summed E-state index contributed by atoms with van der Waals surface area (Å²) in [6.07, 6.45) is 3.73. The molecule has 1 aliphatic carbocycles. The molecule has 1 N–H and O–H groups in total. The number of nitrogens with zero attached hydrogens (tertiary/aromatic N) is 3. The van der Waals surface area contributed by atoms with Gasteiger partial charge in [-0.3, -0.25) is 4.79 Å². The Bertz CT molecular complexity index is 510. The normalized spacial score (nSPS) is 19.2. The second-order valence-corrected chi connectivity index (χ2v) is 5.80. The van der Waals surface area contributed by atoms with Crippen LogP contribution in [-0.2, 0) is 4.74 Å². The molecule has 0 radical (unpaired) electrons. The molecule has 1 aromatic rings. The minimum Gasteiger partial charge on any atom is -0.378 e. The van der Waals surface area contributed by atoms with Gasteiger partial charge in [0.15, 0.2) is 0 Å².